The minimum absolute atomic E-state index is 0.0332. The predicted octanol–water partition coefficient (Wildman–Crippen LogP) is 3.87. The molecule has 108 valence electrons. The van der Waals surface area contributed by atoms with E-state index >= 15 is 0 Å². The first-order valence-electron chi connectivity index (χ1n) is 6.76. The Morgan fingerprint density at radius 2 is 2.05 bits per heavy atom. The molecule has 0 aliphatic carbocycles. The molecular weight excluding hydrogens is 282 g/mol. The van der Waals surface area contributed by atoms with E-state index < -0.39 is 0 Å². The molecule has 2 aromatic carbocycles. The first-order valence-corrected chi connectivity index (χ1v) is 7.14. The van der Waals surface area contributed by atoms with Crippen LogP contribution < -0.4 is 10.6 Å². The maximum atomic E-state index is 8.94. The van der Waals surface area contributed by atoms with Crippen molar-refractivity contribution < 1.29 is 0 Å². The summed E-state index contributed by atoms with van der Waals surface area (Å²) in [5, 5.41) is 9.63. The van der Waals surface area contributed by atoms with Gasteiger partial charge in [0.1, 0.15) is 0 Å². The summed E-state index contributed by atoms with van der Waals surface area (Å²) in [4.78, 5) is 2.06. The van der Waals surface area contributed by atoms with Crippen molar-refractivity contribution in [1.29, 1.82) is 5.26 Å². The number of rotatable bonds is 4. The van der Waals surface area contributed by atoms with E-state index in [1.165, 1.54) is 0 Å². The first-order chi connectivity index (χ1) is 10.0. The molecule has 2 N–H and O–H groups in total. The highest BCUT2D eigenvalue weighted by Crippen LogP contribution is 2.28. The summed E-state index contributed by atoms with van der Waals surface area (Å²) < 4.78 is 0. The molecule has 0 saturated carbocycles. The molecule has 0 fully saturated rings. The topological polar surface area (TPSA) is 53.0 Å². The summed E-state index contributed by atoms with van der Waals surface area (Å²) in [6.07, 6.45) is 0. The van der Waals surface area contributed by atoms with E-state index in [1.807, 2.05) is 50.4 Å². The van der Waals surface area contributed by atoms with Crippen LogP contribution in [0.5, 0.6) is 0 Å². The van der Waals surface area contributed by atoms with Crippen LogP contribution >= 0.6 is 11.6 Å². The van der Waals surface area contributed by atoms with Gasteiger partial charge in [-0.15, -0.1) is 0 Å². The zero-order chi connectivity index (χ0) is 15.4. The Morgan fingerprint density at radius 3 is 2.67 bits per heavy atom. The molecule has 0 aliphatic heterocycles. The number of halogens is 1. The van der Waals surface area contributed by atoms with E-state index in [9.17, 15) is 0 Å². The van der Waals surface area contributed by atoms with Crippen LogP contribution in [0.25, 0.3) is 0 Å². The van der Waals surface area contributed by atoms with Gasteiger partial charge in [0.25, 0.3) is 0 Å². The fourth-order valence-corrected chi connectivity index (χ4v) is 2.55. The summed E-state index contributed by atoms with van der Waals surface area (Å²) in [6, 6.07) is 15.6. The fourth-order valence-electron chi connectivity index (χ4n) is 2.21. The SMILES string of the molecule is CC(N)c1ccc(N(C)Cc2cccc(C#N)c2)c(Cl)c1. The number of nitriles is 1. The highest BCUT2D eigenvalue weighted by atomic mass is 35.5. The van der Waals surface area contributed by atoms with Gasteiger partial charge in [-0.2, -0.15) is 5.26 Å². The Labute approximate surface area is 130 Å². The summed E-state index contributed by atoms with van der Waals surface area (Å²) in [7, 11) is 1.98. The standard InChI is InChI=1S/C17H18ClN3/c1-12(20)15-6-7-17(16(18)9-15)21(2)11-14-5-3-4-13(8-14)10-19/h3-9,12H,11,20H2,1-2H3. The van der Waals surface area contributed by atoms with Crippen molar-refractivity contribution in [3.05, 3.63) is 64.2 Å². The van der Waals surface area contributed by atoms with Crippen molar-refractivity contribution in [2.24, 2.45) is 5.73 Å². The van der Waals surface area contributed by atoms with E-state index in [0.717, 1.165) is 16.8 Å². The van der Waals surface area contributed by atoms with Gasteiger partial charge >= 0.3 is 0 Å². The van der Waals surface area contributed by atoms with E-state index in [2.05, 4.69) is 11.0 Å². The summed E-state index contributed by atoms with van der Waals surface area (Å²) in [5.74, 6) is 0. The van der Waals surface area contributed by atoms with Crippen molar-refractivity contribution in [2.75, 3.05) is 11.9 Å². The van der Waals surface area contributed by atoms with Gasteiger partial charge in [0.15, 0.2) is 0 Å². The van der Waals surface area contributed by atoms with Crippen LogP contribution in [0.15, 0.2) is 42.5 Å². The predicted molar refractivity (Wildman–Crippen MR) is 87.3 cm³/mol. The molecule has 0 aromatic heterocycles. The van der Waals surface area contributed by atoms with Crippen LogP contribution in [-0.4, -0.2) is 7.05 Å². The van der Waals surface area contributed by atoms with Crippen LogP contribution in [0.2, 0.25) is 5.02 Å². The summed E-state index contributed by atoms with van der Waals surface area (Å²) >= 11 is 6.34. The third-order valence-electron chi connectivity index (χ3n) is 3.38. The molecule has 0 heterocycles. The third-order valence-corrected chi connectivity index (χ3v) is 3.69. The van der Waals surface area contributed by atoms with Crippen LogP contribution in [-0.2, 0) is 6.54 Å². The van der Waals surface area contributed by atoms with E-state index in [4.69, 9.17) is 22.6 Å². The second-order valence-electron chi connectivity index (χ2n) is 5.17. The van der Waals surface area contributed by atoms with Crippen LogP contribution in [0.1, 0.15) is 29.7 Å². The average Bonchev–Trinajstić information content (AvgIpc) is 2.47. The minimum atomic E-state index is -0.0332. The van der Waals surface area contributed by atoms with Crippen LogP contribution in [0.3, 0.4) is 0 Å². The fraction of sp³-hybridized carbons (Fsp3) is 0.235. The Bertz CT molecular complexity index is 674. The quantitative estimate of drug-likeness (QED) is 0.932. The van der Waals surface area contributed by atoms with E-state index in [1.54, 1.807) is 6.07 Å². The smallest absolute Gasteiger partial charge is 0.0991 e. The maximum Gasteiger partial charge on any atom is 0.0991 e. The second-order valence-corrected chi connectivity index (χ2v) is 5.57. The van der Waals surface area contributed by atoms with Crippen LogP contribution in [0, 0.1) is 11.3 Å². The maximum absolute atomic E-state index is 8.94. The van der Waals surface area contributed by atoms with Crippen molar-refractivity contribution in [2.45, 2.75) is 19.5 Å². The number of anilines is 1. The van der Waals surface area contributed by atoms with E-state index in [-0.39, 0.29) is 6.04 Å². The number of nitrogens with two attached hydrogens (primary N) is 1. The van der Waals surface area contributed by atoms with Gasteiger partial charge in [0.05, 0.1) is 22.3 Å². The molecule has 1 atom stereocenters. The zero-order valence-electron chi connectivity index (χ0n) is 12.2. The van der Waals surface area contributed by atoms with Gasteiger partial charge in [-0.1, -0.05) is 29.8 Å². The molecule has 1 unspecified atom stereocenters. The molecule has 4 heteroatoms. The van der Waals surface area contributed by atoms with Gasteiger partial charge in [-0.25, -0.2) is 0 Å². The molecule has 2 rings (SSSR count). The molecule has 0 spiro atoms. The first kappa shape index (κ1) is 15.4. The molecular formula is C17H18ClN3. The molecule has 0 saturated heterocycles. The van der Waals surface area contributed by atoms with Crippen molar-refractivity contribution in [3.8, 4) is 6.07 Å². The molecule has 0 amide bonds. The monoisotopic (exact) mass is 299 g/mol. The van der Waals surface area contributed by atoms with Gasteiger partial charge in [-0.05, 0) is 42.3 Å². The summed E-state index contributed by atoms with van der Waals surface area (Å²) in [6.45, 7) is 2.62. The molecule has 0 bridgehead atoms. The number of benzene rings is 2. The molecule has 0 radical (unpaired) electrons. The van der Waals surface area contributed by atoms with Gasteiger partial charge in [-0.3, -0.25) is 0 Å². The van der Waals surface area contributed by atoms with Crippen molar-refractivity contribution in [3.63, 3.8) is 0 Å². The number of nitrogens with zero attached hydrogens (tertiary/aromatic N) is 2. The largest absolute Gasteiger partial charge is 0.369 e. The molecule has 2 aromatic rings. The minimum Gasteiger partial charge on any atom is -0.369 e. The summed E-state index contributed by atoms with van der Waals surface area (Å²) in [5.41, 5.74) is 9.57. The van der Waals surface area contributed by atoms with Crippen molar-refractivity contribution >= 4 is 17.3 Å². The average molecular weight is 300 g/mol. The lowest BCUT2D eigenvalue weighted by Crippen LogP contribution is -2.17. The second kappa shape index (κ2) is 6.62. The molecule has 21 heavy (non-hydrogen) atoms. The van der Waals surface area contributed by atoms with Gasteiger partial charge < -0.3 is 10.6 Å². The number of hydrogen-bond acceptors (Lipinski definition) is 3. The lowest BCUT2D eigenvalue weighted by Gasteiger charge is -2.21. The van der Waals surface area contributed by atoms with Gasteiger partial charge in [0, 0.05) is 19.6 Å². The van der Waals surface area contributed by atoms with Crippen LogP contribution in [0.4, 0.5) is 5.69 Å². The molecule has 3 nitrogen and oxygen atoms in total. The van der Waals surface area contributed by atoms with E-state index in [0.29, 0.717) is 17.1 Å². The Balaban J connectivity index is 2.20. The zero-order valence-corrected chi connectivity index (χ0v) is 12.9. The normalized spacial score (nSPS) is 11.8. The Kier molecular flexibility index (Phi) is 4.85. The highest BCUT2D eigenvalue weighted by molar-refractivity contribution is 6.33. The van der Waals surface area contributed by atoms with Crippen molar-refractivity contribution in [1.82, 2.24) is 0 Å². The highest BCUT2D eigenvalue weighted by Gasteiger charge is 2.09. The number of hydrogen-bond donors (Lipinski definition) is 1. The Hall–Kier alpha value is -2.02. The lowest BCUT2D eigenvalue weighted by molar-refractivity contribution is 0.817. The van der Waals surface area contributed by atoms with Gasteiger partial charge in [0.2, 0.25) is 0 Å². The Morgan fingerprint density at radius 1 is 1.29 bits per heavy atom. The lowest BCUT2D eigenvalue weighted by atomic mass is 10.1. The molecule has 0 aliphatic rings. The third kappa shape index (κ3) is 3.75.